The molecular weight excluding hydrogens is 459 g/mol. The van der Waals surface area contributed by atoms with Crippen molar-refractivity contribution in [3.63, 3.8) is 0 Å². The highest BCUT2D eigenvalue weighted by Crippen LogP contribution is 2.40. The van der Waals surface area contributed by atoms with Gasteiger partial charge in [-0.2, -0.15) is 18.4 Å². The number of hydrogen-bond donors (Lipinski definition) is 1. The van der Waals surface area contributed by atoms with Gasteiger partial charge in [0.05, 0.1) is 28.7 Å². The third-order valence-electron chi connectivity index (χ3n) is 7.12. The molecule has 2 aliphatic rings. The molecule has 0 spiro atoms. The SMILES string of the molecule is Cc1ccc(C(=O)N2CCC([C@@H]3CN(c4ccc(C#N)c(C(F)(F)F)c4)C[C@H]3C(N)=O)CC2)cn1. The highest BCUT2D eigenvalue weighted by atomic mass is 19.4. The molecule has 1 aromatic carbocycles. The first-order valence-corrected chi connectivity index (χ1v) is 11.5. The fraction of sp³-hybridized carbons (Fsp3) is 0.440. The van der Waals surface area contributed by atoms with Crippen LogP contribution in [0.1, 0.15) is 40.0 Å². The summed E-state index contributed by atoms with van der Waals surface area (Å²) >= 11 is 0. The van der Waals surface area contributed by atoms with Crippen molar-refractivity contribution < 1.29 is 22.8 Å². The quantitative estimate of drug-likeness (QED) is 0.715. The Hall–Kier alpha value is -3.61. The number of hydrogen-bond acceptors (Lipinski definition) is 5. The highest BCUT2D eigenvalue weighted by molar-refractivity contribution is 5.94. The maximum atomic E-state index is 13.4. The van der Waals surface area contributed by atoms with Crippen LogP contribution in [-0.4, -0.2) is 47.9 Å². The standard InChI is InChI=1S/C25H26F3N5O2/c1-15-2-3-18(12-31-15)24(35)32-8-6-16(7-9-32)20-13-33(14-21(20)23(30)34)19-5-4-17(11-29)22(10-19)25(26,27)28/h2-5,10,12,16,20-21H,6-9,13-14H2,1H3,(H2,30,34)/t20-,21+/m0/s1. The molecule has 2 atom stereocenters. The number of amides is 2. The van der Waals surface area contributed by atoms with Crippen LogP contribution in [0.2, 0.25) is 0 Å². The van der Waals surface area contributed by atoms with Crippen LogP contribution in [0.25, 0.3) is 0 Å². The van der Waals surface area contributed by atoms with E-state index in [9.17, 15) is 22.8 Å². The van der Waals surface area contributed by atoms with Crippen molar-refractivity contribution in [3.05, 3.63) is 58.9 Å². The maximum Gasteiger partial charge on any atom is 0.417 e. The summed E-state index contributed by atoms with van der Waals surface area (Å²) in [6, 6.07) is 8.73. The molecule has 10 heteroatoms. The van der Waals surface area contributed by atoms with Gasteiger partial charge in [-0.25, -0.2) is 0 Å². The Morgan fingerprint density at radius 2 is 1.86 bits per heavy atom. The van der Waals surface area contributed by atoms with Crippen LogP contribution in [0.3, 0.4) is 0 Å². The number of halogens is 3. The maximum absolute atomic E-state index is 13.4. The first-order chi connectivity index (χ1) is 16.6. The summed E-state index contributed by atoms with van der Waals surface area (Å²) in [5, 5.41) is 9.05. The normalized spacial score (nSPS) is 21.1. The first-order valence-electron chi connectivity index (χ1n) is 11.5. The van der Waals surface area contributed by atoms with E-state index in [0.717, 1.165) is 17.8 Å². The fourth-order valence-corrected chi connectivity index (χ4v) is 5.19. The zero-order chi connectivity index (χ0) is 25.3. The van der Waals surface area contributed by atoms with Crippen LogP contribution in [0, 0.1) is 36.0 Å². The molecule has 0 bridgehead atoms. The minimum Gasteiger partial charge on any atom is -0.370 e. The highest BCUT2D eigenvalue weighted by Gasteiger charge is 2.43. The number of nitrogens with zero attached hydrogens (tertiary/aromatic N) is 4. The predicted molar refractivity (Wildman–Crippen MR) is 122 cm³/mol. The molecule has 1 aromatic heterocycles. The average Bonchev–Trinajstić information content (AvgIpc) is 3.29. The minimum atomic E-state index is -4.66. The van der Waals surface area contributed by atoms with Crippen LogP contribution < -0.4 is 10.6 Å². The monoisotopic (exact) mass is 485 g/mol. The summed E-state index contributed by atoms with van der Waals surface area (Å²) < 4.78 is 40.3. The summed E-state index contributed by atoms with van der Waals surface area (Å²) in [4.78, 5) is 32.7. The molecule has 0 unspecified atom stereocenters. The zero-order valence-electron chi connectivity index (χ0n) is 19.3. The number of rotatable bonds is 4. The van der Waals surface area contributed by atoms with Gasteiger partial charge in [0.25, 0.3) is 5.91 Å². The number of anilines is 1. The number of likely N-dealkylation sites (tertiary alicyclic amines) is 1. The number of nitrogens with two attached hydrogens (primary N) is 1. The molecule has 35 heavy (non-hydrogen) atoms. The Balaban J connectivity index is 1.47. The predicted octanol–water partition coefficient (Wildman–Crippen LogP) is 3.37. The summed E-state index contributed by atoms with van der Waals surface area (Å²) in [5.41, 5.74) is 5.91. The van der Waals surface area contributed by atoms with Gasteiger partial charge in [0.2, 0.25) is 5.91 Å². The van der Waals surface area contributed by atoms with Crippen molar-refractivity contribution in [1.29, 1.82) is 5.26 Å². The van der Waals surface area contributed by atoms with E-state index in [1.54, 1.807) is 34.2 Å². The molecular formula is C25H26F3N5O2. The van der Waals surface area contributed by atoms with Gasteiger partial charge >= 0.3 is 6.18 Å². The van der Waals surface area contributed by atoms with E-state index in [1.165, 1.54) is 6.07 Å². The van der Waals surface area contributed by atoms with Crippen LogP contribution in [0.15, 0.2) is 36.5 Å². The van der Waals surface area contributed by atoms with Crippen LogP contribution in [0.4, 0.5) is 18.9 Å². The van der Waals surface area contributed by atoms with Crippen LogP contribution in [0.5, 0.6) is 0 Å². The van der Waals surface area contributed by atoms with Crippen molar-refractivity contribution in [2.75, 3.05) is 31.1 Å². The van der Waals surface area contributed by atoms with Crippen molar-refractivity contribution in [2.24, 2.45) is 23.5 Å². The molecule has 184 valence electrons. The van der Waals surface area contributed by atoms with Gasteiger partial charge in [-0.3, -0.25) is 14.6 Å². The lowest BCUT2D eigenvalue weighted by Crippen LogP contribution is -2.42. The number of alkyl halides is 3. The third kappa shape index (κ3) is 5.09. The second kappa shape index (κ2) is 9.56. The lowest BCUT2D eigenvalue weighted by atomic mass is 9.78. The Morgan fingerprint density at radius 3 is 2.43 bits per heavy atom. The van der Waals surface area contributed by atoms with Crippen molar-refractivity contribution >= 4 is 17.5 Å². The molecule has 2 fully saturated rings. The number of benzene rings is 1. The van der Waals surface area contributed by atoms with E-state index in [4.69, 9.17) is 11.0 Å². The molecule has 2 N–H and O–H groups in total. The number of carbonyl (C=O) groups is 2. The molecule has 2 aromatic rings. The number of primary amides is 1. The Kier molecular flexibility index (Phi) is 6.70. The van der Waals surface area contributed by atoms with E-state index in [2.05, 4.69) is 4.98 Å². The third-order valence-corrected chi connectivity index (χ3v) is 7.12. The zero-order valence-corrected chi connectivity index (χ0v) is 19.3. The van der Waals surface area contributed by atoms with Gasteiger partial charge in [0.1, 0.15) is 0 Å². The van der Waals surface area contributed by atoms with E-state index >= 15 is 0 Å². The van der Waals surface area contributed by atoms with Gasteiger partial charge in [0, 0.05) is 43.8 Å². The van der Waals surface area contributed by atoms with E-state index in [1.807, 2.05) is 6.92 Å². The molecule has 7 nitrogen and oxygen atoms in total. The average molecular weight is 486 g/mol. The van der Waals surface area contributed by atoms with Crippen molar-refractivity contribution in [3.8, 4) is 6.07 Å². The second-order valence-electron chi connectivity index (χ2n) is 9.24. The van der Waals surface area contributed by atoms with Gasteiger partial charge in [-0.05, 0) is 61.9 Å². The largest absolute Gasteiger partial charge is 0.417 e. The number of nitriles is 1. The van der Waals surface area contributed by atoms with E-state index < -0.39 is 29.1 Å². The Bertz CT molecular complexity index is 1150. The van der Waals surface area contributed by atoms with Gasteiger partial charge < -0.3 is 15.5 Å². The number of carbonyl (C=O) groups excluding carboxylic acids is 2. The topological polar surface area (TPSA) is 103 Å². The lowest BCUT2D eigenvalue weighted by Gasteiger charge is -2.36. The molecule has 2 amide bonds. The van der Waals surface area contributed by atoms with Crippen LogP contribution in [-0.2, 0) is 11.0 Å². The number of piperidine rings is 1. The first kappa shape index (κ1) is 24.5. The summed E-state index contributed by atoms with van der Waals surface area (Å²) in [7, 11) is 0. The Labute approximate surface area is 201 Å². The van der Waals surface area contributed by atoms with Gasteiger partial charge in [-0.15, -0.1) is 0 Å². The van der Waals surface area contributed by atoms with E-state index in [-0.39, 0.29) is 24.3 Å². The van der Waals surface area contributed by atoms with Crippen LogP contribution >= 0.6 is 0 Å². The lowest BCUT2D eigenvalue weighted by molar-refractivity contribution is -0.137. The van der Waals surface area contributed by atoms with Gasteiger partial charge in [0.15, 0.2) is 0 Å². The Morgan fingerprint density at radius 1 is 1.14 bits per heavy atom. The summed E-state index contributed by atoms with van der Waals surface area (Å²) in [6.45, 7) is 3.50. The molecule has 2 saturated heterocycles. The number of aryl methyl sites for hydroxylation is 1. The second-order valence-corrected chi connectivity index (χ2v) is 9.24. The number of aromatic nitrogens is 1. The molecule has 0 radical (unpaired) electrons. The molecule has 2 aliphatic heterocycles. The summed E-state index contributed by atoms with van der Waals surface area (Å²) in [5.74, 6) is -1.10. The van der Waals surface area contributed by atoms with Gasteiger partial charge in [-0.1, -0.05) is 0 Å². The van der Waals surface area contributed by atoms with Crippen molar-refractivity contribution in [1.82, 2.24) is 9.88 Å². The minimum absolute atomic E-state index is 0.0901. The smallest absolute Gasteiger partial charge is 0.370 e. The summed E-state index contributed by atoms with van der Waals surface area (Å²) in [6.07, 6.45) is -1.74. The molecule has 3 heterocycles. The molecule has 4 rings (SSSR count). The van der Waals surface area contributed by atoms with Crippen molar-refractivity contribution in [2.45, 2.75) is 25.9 Å². The fourth-order valence-electron chi connectivity index (χ4n) is 5.19. The molecule has 0 saturated carbocycles. The molecule has 0 aliphatic carbocycles. The number of pyridine rings is 1. The van der Waals surface area contributed by atoms with E-state index in [0.29, 0.717) is 43.7 Å².